The lowest BCUT2D eigenvalue weighted by atomic mass is 9.95. The fraction of sp³-hybridized carbons (Fsp3) is 0.154. The third-order valence-corrected chi connectivity index (χ3v) is 2.86. The molecule has 18 heavy (non-hydrogen) atoms. The van der Waals surface area contributed by atoms with Crippen molar-refractivity contribution >= 4 is 5.82 Å². The lowest BCUT2D eigenvalue weighted by molar-refractivity contribution is 0.543. The Morgan fingerprint density at radius 1 is 1.11 bits per heavy atom. The highest BCUT2D eigenvalue weighted by molar-refractivity contribution is 5.50. The van der Waals surface area contributed by atoms with Crippen molar-refractivity contribution < 1.29 is 8.78 Å². The molecule has 1 aromatic carbocycles. The fourth-order valence-electron chi connectivity index (χ4n) is 1.95. The molecule has 1 aromatic heterocycles. The van der Waals surface area contributed by atoms with Crippen LogP contribution in [0.5, 0.6) is 0 Å². The molecular weight excluding hydrogens is 236 g/mol. The van der Waals surface area contributed by atoms with Crippen LogP contribution in [0.1, 0.15) is 22.7 Å². The molecule has 0 radical (unpaired) electrons. The maximum atomic E-state index is 13.7. The lowest BCUT2D eigenvalue weighted by Gasteiger charge is -2.17. The number of hydrogen-bond acceptors (Lipinski definition) is 3. The number of anilines is 1. The standard InChI is InChI=1S/C13H13F2N3/c1-7-5-6-18-13(17)10(7)12(16)11-8(14)3-2-4-9(11)15/h2-6,12H,16H2,1H3,(H2,17,18). The molecule has 5 heteroatoms. The minimum absolute atomic E-state index is 0.185. The predicted octanol–water partition coefficient (Wildman–Crippen LogP) is 2.30. The molecule has 0 aliphatic carbocycles. The Kier molecular flexibility index (Phi) is 3.25. The molecular formula is C13H13F2N3. The van der Waals surface area contributed by atoms with Gasteiger partial charge in [-0.1, -0.05) is 6.07 Å². The molecule has 0 spiro atoms. The molecule has 0 aliphatic heterocycles. The van der Waals surface area contributed by atoms with Gasteiger partial charge in [0.15, 0.2) is 0 Å². The van der Waals surface area contributed by atoms with Crippen molar-refractivity contribution in [2.45, 2.75) is 13.0 Å². The number of benzene rings is 1. The Hall–Kier alpha value is -2.01. The molecule has 0 bridgehead atoms. The normalized spacial score (nSPS) is 12.4. The van der Waals surface area contributed by atoms with Gasteiger partial charge in [-0.05, 0) is 30.7 Å². The van der Waals surface area contributed by atoms with Gasteiger partial charge in [-0.3, -0.25) is 0 Å². The van der Waals surface area contributed by atoms with Crippen LogP contribution in [-0.4, -0.2) is 4.98 Å². The van der Waals surface area contributed by atoms with Gasteiger partial charge in [-0.15, -0.1) is 0 Å². The third-order valence-electron chi connectivity index (χ3n) is 2.86. The number of halogens is 2. The van der Waals surface area contributed by atoms with E-state index in [4.69, 9.17) is 11.5 Å². The summed E-state index contributed by atoms with van der Waals surface area (Å²) < 4.78 is 27.3. The van der Waals surface area contributed by atoms with Crippen molar-refractivity contribution in [1.82, 2.24) is 4.98 Å². The molecule has 2 aromatic rings. The van der Waals surface area contributed by atoms with Crippen LogP contribution in [-0.2, 0) is 0 Å². The van der Waals surface area contributed by atoms with Crippen LogP contribution in [0.3, 0.4) is 0 Å². The van der Waals surface area contributed by atoms with E-state index in [-0.39, 0.29) is 11.4 Å². The van der Waals surface area contributed by atoms with Crippen LogP contribution < -0.4 is 11.5 Å². The second kappa shape index (κ2) is 4.70. The van der Waals surface area contributed by atoms with Crippen molar-refractivity contribution in [3.05, 3.63) is 58.8 Å². The highest BCUT2D eigenvalue weighted by Gasteiger charge is 2.21. The molecule has 94 valence electrons. The van der Waals surface area contributed by atoms with E-state index in [0.29, 0.717) is 5.56 Å². The average Bonchev–Trinajstić information content (AvgIpc) is 2.28. The second-order valence-corrected chi connectivity index (χ2v) is 4.04. The molecule has 3 nitrogen and oxygen atoms in total. The molecule has 0 fully saturated rings. The summed E-state index contributed by atoms with van der Waals surface area (Å²) in [5.41, 5.74) is 12.6. The zero-order valence-electron chi connectivity index (χ0n) is 9.82. The second-order valence-electron chi connectivity index (χ2n) is 4.04. The van der Waals surface area contributed by atoms with Gasteiger partial charge >= 0.3 is 0 Å². The number of aromatic nitrogens is 1. The van der Waals surface area contributed by atoms with E-state index in [1.165, 1.54) is 24.4 Å². The van der Waals surface area contributed by atoms with Gasteiger partial charge in [-0.2, -0.15) is 0 Å². The monoisotopic (exact) mass is 249 g/mol. The lowest BCUT2D eigenvalue weighted by Crippen LogP contribution is -2.19. The Bertz CT molecular complexity index is 492. The summed E-state index contributed by atoms with van der Waals surface area (Å²) in [4.78, 5) is 3.90. The topological polar surface area (TPSA) is 64.9 Å². The molecule has 0 aliphatic rings. The summed E-state index contributed by atoms with van der Waals surface area (Å²) in [6.07, 6.45) is 1.53. The van der Waals surface area contributed by atoms with Crippen LogP contribution in [0.15, 0.2) is 30.5 Å². The van der Waals surface area contributed by atoms with Crippen LogP contribution in [0.4, 0.5) is 14.6 Å². The van der Waals surface area contributed by atoms with E-state index in [9.17, 15) is 8.78 Å². The highest BCUT2D eigenvalue weighted by atomic mass is 19.1. The maximum absolute atomic E-state index is 13.7. The SMILES string of the molecule is Cc1ccnc(N)c1C(N)c1c(F)cccc1F. The third kappa shape index (κ3) is 2.04. The molecule has 0 amide bonds. The first-order valence-electron chi connectivity index (χ1n) is 5.43. The summed E-state index contributed by atoms with van der Waals surface area (Å²) >= 11 is 0. The van der Waals surface area contributed by atoms with Crippen LogP contribution in [0.2, 0.25) is 0 Å². The minimum Gasteiger partial charge on any atom is -0.383 e. The predicted molar refractivity (Wildman–Crippen MR) is 65.8 cm³/mol. The van der Waals surface area contributed by atoms with Gasteiger partial charge in [0, 0.05) is 17.3 Å². The van der Waals surface area contributed by atoms with Gasteiger partial charge < -0.3 is 11.5 Å². The summed E-state index contributed by atoms with van der Waals surface area (Å²) in [5, 5.41) is 0. The van der Waals surface area contributed by atoms with Crippen molar-refractivity contribution in [1.29, 1.82) is 0 Å². The van der Waals surface area contributed by atoms with Gasteiger partial charge in [0.05, 0.1) is 6.04 Å². The van der Waals surface area contributed by atoms with E-state index in [0.717, 1.165) is 5.56 Å². The summed E-state index contributed by atoms with van der Waals surface area (Å²) in [7, 11) is 0. The first kappa shape index (κ1) is 12.4. The van der Waals surface area contributed by atoms with Crippen LogP contribution >= 0.6 is 0 Å². The number of nitrogens with zero attached hydrogens (tertiary/aromatic N) is 1. The van der Waals surface area contributed by atoms with E-state index < -0.39 is 17.7 Å². The van der Waals surface area contributed by atoms with Gasteiger partial charge in [-0.25, -0.2) is 13.8 Å². The zero-order valence-corrected chi connectivity index (χ0v) is 9.82. The molecule has 2 rings (SSSR count). The molecule has 4 N–H and O–H groups in total. The Balaban J connectivity index is 2.58. The molecule has 0 saturated heterocycles. The Morgan fingerprint density at radius 2 is 1.72 bits per heavy atom. The maximum Gasteiger partial charge on any atom is 0.131 e. The van der Waals surface area contributed by atoms with E-state index >= 15 is 0 Å². The molecule has 0 saturated carbocycles. The van der Waals surface area contributed by atoms with Gasteiger partial charge in [0.25, 0.3) is 0 Å². The number of aryl methyl sites for hydroxylation is 1. The highest BCUT2D eigenvalue weighted by Crippen LogP contribution is 2.29. The van der Waals surface area contributed by atoms with E-state index in [1.54, 1.807) is 13.0 Å². The van der Waals surface area contributed by atoms with Crippen molar-refractivity contribution in [2.75, 3.05) is 5.73 Å². The molecule has 1 atom stereocenters. The number of rotatable bonds is 2. The first-order chi connectivity index (χ1) is 8.52. The van der Waals surface area contributed by atoms with Crippen LogP contribution in [0, 0.1) is 18.6 Å². The number of nitrogen functional groups attached to an aromatic ring is 1. The summed E-state index contributed by atoms with van der Waals surface area (Å²) in [6, 6.07) is 4.35. The smallest absolute Gasteiger partial charge is 0.131 e. The Labute approximate surface area is 103 Å². The van der Waals surface area contributed by atoms with Gasteiger partial charge in [0.2, 0.25) is 0 Å². The summed E-state index contributed by atoms with van der Waals surface area (Å²) in [6.45, 7) is 1.77. The van der Waals surface area contributed by atoms with Crippen molar-refractivity contribution in [3.8, 4) is 0 Å². The fourth-order valence-corrected chi connectivity index (χ4v) is 1.95. The average molecular weight is 249 g/mol. The minimum atomic E-state index is -0.972. The molecule has 1 unspecified atom stereocenters. The van der Waals surface area contributed by atoms with E-state index in [1.807, 2.05) is 0 Å². The number of pyridine rings is 1. The first-order valence-corrected chi connectivity index (χ1v) is 5.43. The Morgan fingerprint density at radius 3 is 2.28 bits per heavy atom. The van der Waals surface area contributed by atoms with E-state index in [2.05, 4.69) is 4.98 Å². The van der Waals surface area contributed by atoms with Crippen LogP contribution in [0.25, 0.3) is 0 Å². The number of hydrogen-bond donors (Lipinski definition) is 2. The number of nitrogens with two attached hydrogens (primary N) is 2. The summed E-state index contributed by atoms with van der Waals surface area (Å²) in [5.74, 6) is -1.19. The quantitative estimate of drug-likeness (QED) is 0.858. The van der Waals surface area contributed by atoms with Gasteiger partial charge in [0.1, 0.15) is 17.5 Å². The molecule has 1 heterocycles. The van der Waals surface area contributed by atoms with Crippen molar-refractivity contribution in [3.63, 3.8) is 0 Å². The largest absolute Gasteiger partial charge is 0.383 e. The zero-order chi connectivity index (χ0) is 13.3. The van der Waals surface area contributed by atoms with Crippen molar-refractivity contribution in [2.24, 2.45) is 5.73 Å².